The predicted octanol–water partition coefficient (Wildman–Crippen LogP) is 7.09. The van der Waals surface area contributed by atoms with E-state index in [9.17, 15) is 9.59 Å². The van der Waals surface area contributed by atoms with Gasteiger partial charge in [-0.25, -0.2) is 4.99 Å². The molecule has 2 aliphatic heterocycles. The molecular weight excluding hydrogens is 616 g/mol. The van der Waals surface area contributed by atoms with Crippen LogP contribution in [0.15, 0.2) is 81.1 Å². The normalized spacial score (nSPS) is 17.2. The molecule has 10 heteroatoms. The summed E-state index contributed by atoms with van der Waals surface area (Å²) in [5, 5.41) is 3.44. The number of carbonyl (C=O) groups excluding carboxylic acids is 2. The van der Waals surface area contributed by atoms with Gasteiger partial charge >= 0.3 is 0 Å². The minimum absolute atomic E-state index is 0.102. The number of thioether (sulfide) groups is 1. The van der Waals surface area contributed by atoms with E-state index < -0.39 is 0 Å². The van der Waals surface area contributed by atoms with E-state index in [1.807, 2.05) is 55.5 Å². The third-order valence-corrected chi connectivity index (χ3v) is 8.68. The quantitative estimate of drug-likeness (QED) is 0.250. The Morgan fingerprint density at radius 2 is 1.79 bits per heavy atom. The van der Waals surface area contributed by atoms with Gasteiger partial charge < -0.3 is 19.7 Å². The molecule has 3 aromatic carbocycles. The Labute approximate surface area is 258 Å². The van der Waals surface area contributed by atoms with Crippen LogP contribution >= 0.6 is 27.7 Å². The van der Waals surface area contributed by atoms with Crippen LogP contribution in [0.2, 0.25) is 0 Å². The number of carbonyl (C=O) groups is 2. The molecule has 0 radical (unpaired) electrons. The molecule has 2 saturated heterocycles. The smallest absolute Gasteiger partial charge is 0.266 e. The Morgan fingerprint density at radius 3 is 2.48 bits per heavy atom. The van der Waals surface area contributed by atoms with Crippen LogP contribution in [0.5, 0.6) is 11.5 Å². The molecule has 0 atom stereocenters. The van der Waals surface area contributed by atoms with Gasteiger partial charge in [-0.3, -0.25) is 14.5 Å². The second-order valence-corrected chi connectivity index (χ2v) is 11.7. The van der Waals surface area contributed by atoms with Gasteiger partial charge in [0.2, 0.25) is 0 Å². The molecule has 0 unspecified atom stereocenters. The van der Waals surface area contributed by atoms with E-state index in [0.29, 0.717) is 38.3 Å². The Bertz CT molecular complexity index is 1490. The van der Waals surface area contributed by atoms with Crippen molar-refractivity contribution in [1.29, 1.82) is 0 Å². The van der Waals surface area contributed by atoms with Crippen molar-refractivity contribution in [1.82, 2.24) is 4.90 Å². The number of anilines is 2. The lowest BCUT2D eigenvalue weighted by Gasteiger charge is -2.28. The van der Waals surface area contributed by atoms with Gasteiger partial charge in [0.25, 0.3) is 11.8 Å². The van der Waals surface area contributed by atoms with Crippen molar-refractivity contribution in [2.75, 3.05) is 43.6 Å². The van der Waals surface area contributed by atoms with Gasteiger partial charge in [0.1, 0.15) is 0 Å². The third-order valence-electron chi connectivity index (χ3n) is 6.99. The lowest BCUT2D eigenvalue weighted by molar-refractivity contribution is -0.122. The van der Waals surface area contributed by atoms with E-state index >= 15 is 0 Å². The summed E-state index contributed by atoms with van der Waals surface area (Å²) < 4.78 is 12.0. The maximum absolute atomic E-state index is 13.3. The summed E-state index contributed by atoms with van der Waals surface area (Å²) in [5.74, 6) is 0.467. The molecule has 1 N–H and O–H groups in total. The number of halogens is 1. The average molecular weight is 650 g/mol. The fourth-order valence-corrected chi connectivity index (χ4v) is 6.30. The van der Waals surface area contributed by atoms with Crippen molar-refractivity contribution < 1.29 is 19.1 Å². The number of amidine groups is 1. The topological polar surface area (TPSA) is 83.5 Å². The Kier molecular flexibility index (Phi) is 9.86. The zero-order valence-electron chi connectivity index (χ0n) is 23.6. The predicted molar refractivity (Wildman–Crippen MR) is 174 cm³/mol. The van der Waals surface area contributed by atoms with E-state index in [-0.39, 0.29) is 18.4 Å². The highest BCUT2D eigenvalue weighted by Gasteiger charge is 2.32. The van der Waals surface area contributed by atoms with Crippen molar-refractivity contribution in [3.05, 3.63) is 81.7 Å². The number of rotatable bonds is 9. The van der Waals surface area contributed by atoms with Crippen LogP contribution in [0.1, 0.15) is 31.7 Å². The number of hydrogen-bond acceptors (Lipinski definition) is 7. The molecule has 3 aromatic rings. The number of nitrogens with one attached hydrogen (secondary N) is 1. The highest BCUT2D eigenvalue weighted by molar-refractivity contribution is 9.10. The number of aliphatic imine (C=N–C) groups is 1. The summed E-state index contributed by atoms with van der Waals surface area (Å²) in [6.07, 6.45) is 5.57. The van der Waals surface area contributed by atoms with E-state index in [0.717, 1.165) is 24.3 Å². The fraction of sp³-hybridized carbons (Fsp3) is 0.281. The van der Waals surface area contributed by atoms with Crippen LogP contribution in [-0.2, 0) is 9.59 Å². The first kappa shape index (κ1) is 29.7. The molecule has 8 nitrogen and oxygen atoms in total. The third kappa shape index (κ3) is 7.17. The monoisotopic (exact) mass is 648 g/mol. The number of para-hydroxylation sites is 1. The molecule has 42 heavy (non-hydrogen) atoms. The molecule has 0 spiro atoms. The summed E-state index contributed by atoms with van der Waals surface area (Å²) in [6.45, 7) is 4.45. The molecule has 5 rings (SSSR count). The maximum Gasteiger partial charge on any atom is 0.266 e. The molecule has 0 bridgehead atoms. The maximum atomic E-state index is 13.3. The van der Waals surface area contributed by atoms with E-state index in [1.54, 1.807) is 17.0 Å². The van der Waals surface area contributed by atoms with Gasteiger partial charge in [0, 0.05) is 35.5 Å². The Hall–Kier alpha value is -3.76. The van der Waals surface area contributed by atoms with Crippen molar-refractivity contribution in [2.45, 2.75) is 26.2 Å². The molecule has 2 amide bonds. The summed E-state index contributed by atoms with van der Waals surface area (Å²) >= 11 is 4.94. The Morgan fingerprint density at radius 1 is 1.05 bits per heavy atom. The van der Waals surface area contributed by atoms with Crippen LogP contribution in [0.25, 0.3) is 6.08 Å². The van der Waals surface area contributed by atoms with Crippen molar-refractivity contribution in [3.63, 3.8) is 0 Å². The second-order valence-electron chi connectivity index (χ2n) is 9.85. The molecule has 0 saturated carbocycles. The van der Waals surface area contributed by atoms with Crippen LogP contribution in [-0.4, -0.2) is 55.2 Å². The highest BCUT2D eigenvalue weighted by atomic mass is 79.9. The lowest BCUT2D eigenvalue weighted by Crippen LogP contribution is -2.29. The molecule has 0 aromatic heterocycles. The number of benzene rings is 3. The zero-order valence-corrected chi connectivity index (χ0v) is 26.0. The minimum Gasteiger partial charge on any atom is -0.493 e. The van der Waals surface area contributed by atoms with Crippen LogP contribution in [0.4, 0.5) is 17.1 Å². The van der Waals surface area contributed by atoms with Crippen LogP contribution in [0, 0.1) is 0 Å². The van der Waals surface area contributed by atoms with Gasteiger partial charge in [0.05, 0.1) is 17.7 Å². The molecule has 2 fully saturated rings. The number of amides is 2. The lowest BCUT2D eigenvalue weighted by atomic mass is 10.1. The standard InChI is InChI=1S/C32H33BrN4O4S/c1-3-37-31(39)29(42-32(37)35-24-12-14-25(15-13-24)36-16-8-5-9-17-36)19-22-18-27(40-2)28(20-26(22)33)41-21-30(38)34-23-10-6-4-7-11-23/h4,6-7,10-15,18-20H,3,5,8-9,16-17,21H2,1-2H3,(H,34,38)/b29-19-,35-32?. The number of ether oxygens (including phenoxy) is 2. The zero-order chi connectivity index (χ0) is 29.5. The number of nitrogens with zero attached hydrogens (tertiary/aromatic N) is 3. The summed E-state index contributed by atoms with van der Waals surface area (Å²) in [7, 11) is 1.53. The minimum atomic E-state index is -0.286. The average Bonchev–Trinajstić information content (AvgIpc) is 3.31. The van der Waals surface area contributed by atoms with Crippen LogP contribution in [0.3, 0.4) is 0 Å². The van der Waals surface area contributed by atoms with E-state index in [4.69, 9.17) is 14.5 Å². The fourth-order valence-electron chi connectivity index (χ4n) is 4.81. The van der Waals surface area contributed by atoms with Crippen LogP contribution < -0.4 is 19.7 Å². The number of methoxy groups -OCH3 is 1. The number of likely N-dealkylation sites (N-methyl/N-ethyl adjacent to an activating group) is 1. The van der Waals surface area contributed by atoms with Gasteiger partial charge in [0.15, 0.2) is 23.3 Å². The summed E-state index contributed by atoms with van der Waals surface area (Å²) in [5.41, 5.74) is 3.46. The van der Waals surface area contributed by atoms with Gasteiger partial charge in [-0.1, -0.05) is 34.1 Å². The molecule has 2 heterocycles. The molecule has 218 valence electrons. The van der Waals surface area contributed by atoms with Crippen molar-refractivity contribution in [2.24, 2.45) is 4.99 Å². The summed E-state index contributed by atoms with van der Waals surface area (Å²) in [6, 6.07) is 20.9. The highest BCUT2D eigenvalue weighted by Crippen LogP contribution is 2.39. The number of piperidine rings is 1. The molecule has 2 aliphatic rings. The SMILES string of the molecule is CCN1C(=O)/C(=C/c2cc(OC)c(OCC(=O)Nc3ccccc3)cc2Br)SC1=Nc1ccc(N2CCCCC2)cc1. The van der Waals surface area contributed by atoms with E-state index in [2.05, 4.69) is 38.3 Å². The number of hydrogen-bond donors (Lipinski definition) is 1. The molecular formula is C32H33BrN4O4S. The molecule has 0 aliphatic carbocycles. The Balaban J connectivity index is 1.30. The first-order valence-electron chi connectivity index (χ1n) is 14.0. The largest absolute Gasteiger partial charge is 0.493 e. The first-order chi connectivity index (χ1) is 20.4. The first-order valence-corrected chi connectivity index (χ1v) is 15.6. The second kappa shape index (κ2) is 13.9. The summed E-state index contributed by atoms with van der Waals surface area (Å²) in [4.78, 5) is 35.1. The van der Waals surface area contributed by atoms with Gasteiger partial charge in [-0.05, 0) is 98.1 Å². The van der Waals surface area contributed by atoms with E-state index in [1.165, 1.54) is 43.8 Å². The van der Waals surface area contributed by atoms with Crippen molar-refractivity contribution >= 4 is 67.8 Å². The van der Waals surface area contributed by atoms with Gasteiger partial charge in [-0.2, -0.15) is 0 Å². The van der Waals surface area contributed by atoms with Gasteiger partial charge in [-0.15, -0.1) is 0 Å². The van der Waals surface area contributed by atoms with Crippen molar-refractivity contribution in [3.8, 4) is 11.5 Å².